The average Bonchev–Trinajstić information content (AvgIpc) is 2.84. The summed E-state index contributed by atoms with van der Waals surface area (Å²) in [4.78, 5) is 0. The number of fused-ring (bicyclic) bond motifs is 3. The van der Waals surface area contributed by atoms with Gasteiger partial charge in [0.1, 0.15) is 0 Å². The van der Waals surface area contributed by atoms with Gasteiger partial charge in [-0.2, -0.15) is 0 Å². The molecule has 0 amide bonds. The van der Waals surface area contributed by atoms with E-state index in [1.165, 1.54) is 46.0 Å². The van der Waals surface area contributed by atoms with E-state index in [2.05, 4.69) is 85.2 Å². The highest BCUT2D eigenvalue weighted by molar-refractivity contribution is 9.10. The zero-order valence-electron chi connectivity index (χ0n) is 14.8. The maximum atomic E-state index is 3.70. The minimum absolute atomic E-state index is 0.0117. The van der Waals surface area contributed by atoms with E-state index in [0.717, 1.165) is 5.92 Å². The Morgan fingerprint density at radius 2 is 1.83 bits per heavy atom. The molecule has 0 saturated carbocycles. The van der Waals surface area contributed by atoms with Crippen LogP contribution in [0.15, 0.2) is 58.6 Å². The zero-order valence-corrected chi connectivity index (χ0v) is 16.4. The average molecular weight is 381 g/mol. The van der Waals surface area contributed by atoms with Crippen LogP contribution < -0.4 is 0 Å². The van der Waals surface area contributed by atoms with Crippen molar-refractivity contribution in [2.45, 2.75) is 45.4 Å². The van der Waals surface area contributed by atoms with Gasteiger partial charge in [-0.15, -0.1) is 0 Å². The van der Waals surface area contributed by atoms with E-state index in [1.54, 1.807) is 5.57 Å². The van der Waals surface area contributed by atoms with Gasteiger partial charge in [0.15, 0.2) is 0 Å². The van der Waals surface area contributed by atoms with Crippen molar-refractivity contribution in [3.63, 3.8) is 0 Å². The standard InChI is InChI=1S/C23H25Br/c1-4-16-11-15(2)12-17(13-16)23(3)21-8-6-5-7-19(21)20-10-9-18(24)14-22(20)23/h5-10,12,14-16H,4,11,13H2,1-3H3/t15-,16?,23?/m0/s1. The van der Waals surface area contributed by atoms with Crippen LogP contribution in [-0.2, 0) is 5.41 Å². The smallest absolute Gasteiger partial charge is 0.0395 e. The fourth-order valence-corrected chi connectivity index (χ4v) is 5.25. The van der Waals surface area contributed by atoms with Crippen molar-refractivity contribution < 1.29 is 0 Å². The van der Waals surface area contributed by atoms with E-state index in [4.69, 9.17) is 0 Å². The van der Waals surface area contributed by atoms with E-state index in [9.17, 15) is 0 Å². The summed E-state index contributed by atoms with van der Waals surface area (Å²) in [5, 5.41) is 0. The van der Waals surface area contributed by atoms with Gasteiger partial charge < -0.3 is 0 Å². The van der Waals surface area contributed by atoms with Crippen LogP contribution in [0.4, 0.5) is 0 Å². The van der Waals surface area contributed by atoms with Gasteiger partial charge in [0.05, 0.1) is 0 Å². The quantitative estimate of drug-likeness (QED) is 0.486. The molecule has 0 N–H and O–H groups in total. The molecule has 0 aliphatic heterocycles. The molecule has 1 heteroatoms. The molecule has 2 aliphatic carbocycles. The number of halogens is 1. The van der Waals surface area contributed by atoms with Gasteiger partial charge in [0, 0.05) is 9.89 Å². The highest BCUT2D eigenvalue weighted by Crippen LogP contribution is 2.55. The third kappa shape index (κ3) is 2.32. The summed E-state index contributed by atoms with van der Waals surface area (Å²) >= 11 is 3.70. The highest BCUT2D eigenvalue weighted by atomic mass is 79.9. The van der Waals surface area contributed by atoms with Crippen molar-refractivity contribution in [2.24, 2.45) is 11.8 Å². The monoisotopic (exact) mass is 380 g/mol. The van der Waals surface area contributed by atoms with Crippen LogP contribution in [0.2, 0.25) is 0 Å². The Labute approximate surface area is 154 Å². The SMILES string of the molecule is CCC1CC(C2(C)c3ccccc3-c3ccc(Br)cc32)=C[C@@H](C)C1. The Balaban J connectivity index is 1.95. The minimum Gasteiger partial charge on any atom is -0.0812 e. The van der Waals surface area contributed by atoms with Crippen molar-refractivity contribution >= 4 is 15.9 Å². The lowest BCUT2D eigenvalue weighted by atomic mass is 9.67. The lowest BCUT2D eigenvalue weighted by Gasteiger charge is -2.37. The molecule has 24 heavy (non-hydrogen) atoms. The first-order valence-electron chi connectivity index (χ1n) is 9.15. The molecule has 2 aromatic rings. The second kappa shape index (κ2) is 5.88. The number of hydrogen-bond donors (Lipinski definition) is 0. The Kier molecular flexibility index (Phi) is 3.95. The van der Waals surface area contributed by atoms with Gasteiger partial charge in [-0.05, 0) is 66.0 Å². The van der Waals surface area contributed by atoms with Crippen LogP contribution >= 0.6 is 15.9 Å². The summed E-state index contributed by atoms with van der Waals surface area (Å²) in [5.41, 5.74) is 7.40. The van der Waals surface area contributed by atoms with Crippen molar-refractivity contribution in [3.05, 3.63) is 69.7 Å². The zero-order chi connectivity index (χ0) is 16.9. The first kappa shape index (κ1) is 16.1. The van der Waals surface area contributed by atoms with E-state index < -0.39 is 0 Å². The fourth-order valence-electron chi connectivity index (χ4n) is 4.89. The van der Waals surface area contributed by atoms with Crippen molar-refractivity contribution in [3.8, 4) is 11.1 Å². The Bertz CT molecular complexity index is 817. The maximum Gasteiger partial charge on any atom is 0.0395 e. The molecule has 0 bridgehead atoms. The second-order valence-electron chi connectivity index (χ2n) is 7.74. The number of hydrogen-bond acceptors (Lipinski definition) is 0. The van der Waals surface area contributed by atoms with Crippen LogP contribution in [0.5, 0.6) is 0 Å². The Morgan fingerprint density at radius 3 is 2.62 bits per heavy atom. The Morgan fingerprint density at radius 1 is 1.08 bits per heavy atom. The molecule has 2 aromatic carbocycles. The van der Waals surface area contributed by atoms with E-state index in [1.807, 2.05) is 0 Å². The number of benzene rings is 2. The summed E-state index contributed by atoms with van der Waals surface area (Å²) in [6, 6.07) is 15.8. The van der Waals surface area contributed by atoms with Gasteiger partial charge in [0.2, 0.25) is 0 Å². The fraction of sp³-hybridized carbons (Fsp3) is 0.391. The third-order valence-corrected chi connectivity index (χ3v) is 6.69. The van der Waals surface area contributed by atoms with E-state index in [-0.39, 0.29) is 5.41 Å². The molecule has 2 aliphatic rings. The summed E-state index contributed by atoms with van der Waals surface area (Å²) in [6.45, 7) is 7.17. The lowest BCUT2D eigenvalue weighted by Crippen LogP contribution is -2.28. The highest BCUT2D eigenvalue weighted by Gasteiger charge is 2.43. The molecular formula is C23H25Br. The molecule has 0 nitrogen and oxygen atoms in total. The summed E-state index contributed by atoms with van der Waals surface area (Å²) in [5.74, 6) is 1.50. The predicted molar refractivity (Wildman–Crippen MR) is 106 cm³/mol. The van der Waals surface area contributed by atoms with Crippen molar-refractivity contribution in [2.75, 3.05) is 0 Å². The van der Waals surface area contributed by atoms with Crippen LogP contribution in [0.25, 0.3) is 11.1 Å². The van der Waals surface area contributed by atoms with Gasteiger partial charge in [0.25, 0.3) is 0 Å². The lowest BCUT2D eigenvalue weighted by molar-refractivity contribution is 0.373. The molecule has 0 radical (unpaired) electrons. The first-order valence-corrected chi connectivity index (χ1v) is 9.94. The molecule has 0 fully saturated rings. The molecule has 0 aromatic heterocycles. The van der Waals surface area contributed by atoms with Gasteiger partial charge in [-0.25, -0.2) is 0 Å². The first-order chi connectivity index (χ1) is 11.5. The molecule has 4 rings (SSSR count). The number of allylic oxidation sites excluding steroid dienone is 2. The van der Waals surface area contributed by atoms with E-state index >= 15 is 0 Å². The predicted octanol–water partition coefficient (Wildman–Crippen LogP) is 7.12. The largest absolute Gasteiger partial charge is 0.0812 e. The second-order valence-corrected chi connectivity index (χ2v) is 8.66. The van der Waals surface area contributed by atoms with Crippen LogP contribution in [0.3, 0.4) is 0 Å². The topological polar surface area (TPSA) is 0 Å². The van der Waals surface area contributed by atoms with E-state index in [0.29, 0.717) is 5.92 Å². The van der Waals surface area contributed by atoms with Crippen LogP contribution in [0.1, 0.15) is 51.2 Å². The van der Waals surface area contributed by atoms with Crippen LogP contribution in [0, 0.1) is 11.8 Å². The minimum atomic E-state index is 0.0117. The molecule has 0 spiro atoms. The summed E-state index contributed by atoms with van der Waals surface area (Å²) in [7, 11) is 0. The molecule has 3 atom stereocenters. The summed E-state index contributed by atoms with van der Waals surface area (Å²) < 4.78 is 1.18. The molecule has 124 valence electrons. The summed E-state index contributed by atoms with van der Waals surface area (Å²) in [6.07, 6.45) is 6.42. The van der Waals surface area contributed by atoms with Crippen molar-refractivity contribution in [1.29, 1.82) is 0 Å². The van der Waals surface area contributed by atoms with Crippen molar-refractivity contribution in [1.82, 2.24) is 0 Å². The number of rotatable bonds is 2. The van der Waals surface area contributed by atoms with Crippen LogP contribution in [-0.4, -0.2) is 0 Å². The molecular weight excluding hydrogens is 356 g/mol. The third-order valence-electron chi connectivity index (χ3n) is 6.20. The Hall–Kier alpha value is -1.34. The normalized spacial score (nSPS) is 28.2. The molecule has 0 saturated heterocycles. The molecule has 2 unspecified atom stereocenters. The van der Waals surface area contributed by atoms with Gasteiger partial charge >= 0.3 is 0 Å². The maximum absolute atomic E-state index is 3.70. The van der Waals surface area contributed by atoms with Gasteiger partial charge in [-0.3, -0.25) is 0 Å². The molecule has 0 heterocycles. The van der Waals surface area contributed by atoms with Gasteiger partial charge in [-0.1, -0.05) is 78.2 Å².